The lowest BCUT2D eigenvalue weighted by Gasteiger charge is -1.99. The summed E-state index contributed by atoms with van der Waals surface area (Å²) in [5.74, 6) is 0. The first-order chi connectivity index (χ1) is 6.88. The van der Waals surface area contributed by atoms with Crippen LogP contribution in [-0.2, 0) is 0 Å². The highest BCUT2D eigenvalue weighted by Gasteiger charge is 1.94. The van der Waals surface area contributed by atoms with Gasteiger partial charge in [0.25, 0.3) is 0 Å². The molecule has 0 aliphatic carbocycles. The van der Waals surface area contributed by atoms with Crippen molar-refractivity contribution in [2.45, 2.75) is 13.8 Å². The predicted octanol–water partition coefficient (Wildman–Crippen LogP) is 3.69. The van der Waals surface area contributed by atoms with Crippen LogP contribution in [0.25, 0.3) is 5.70 Å². The molecule has 0 saturated heterocycles. The number of nitrogens with zero attached hydrogens (tertiary/aromatic N) is 1. The van der Waals surface area contributed by atoms with Crippen molar-refractivity contribution in [2.75, 3.05) is 0 Å². The highest BCUT2D eigenvalue weighted by atomic mass is 14.7. The van der Waals surface area contributed by atoms with Gasteiger partial charge in [-0.05, 0) is 25.5 Å². The summed E-state index contributed by atoms with van der Waals surface area (Å²) in [6.07, 6.45) is 7.70. The van der Waals surface area contributed by atoms with E-state index in [0.717, 1.165) is 11.3 Å². The van der Waals surface area contributed by atoms with Crippen molar-refractivity contribution in [3.8, 4) is 0 Å². The second kappa shape index (κ2) is 5.92. The summed E-state index contributed by atoms with van der Waals surface area (Å²) in [6.45, 7) is 3.97. The zero-order valence-electron chi connectivity index (χ0n) is 8.64. The van der Waals surface area contributed by atoms with Gasteiger partial charge in [-0.2, -0.15) is 0 Å². The van der Waals surface area contributed by atoms with Gasteiger partial charge in [0.1, 0.15) is 0 Å². The van der Waals surface area contributed by atoms with Crippen LogP contribution >= 0.6 is 0 Å². The first-order valence-electron chi connectivity index (χ1n) is 4.75. The lowest BCUT2D eigenvalue weighted by atomic mass is 10.1. The molecule has 1 aromatic rings. The third kappa shape index (κ3) is 3.02. The summed E-state index contributed by atoms with van der Waals surface area (Å²) >= 11 is 0. The van der Waals surface area contributed by atoms with E-state index in [4.69, 9.17) is 0 Å². The molecular formula is C13H15N. The smallest absolute Gasteiger partial charge is 0.0659 e. The van der Waals surface area contributed by atoms with Crippen LogP contribution in [-0.4, -0.2) is 6.21 Å². The third-order valence-corrected chi connectivity index (χ3v) is 1.84. The molecule has 0 heterocycles. The van der Waals surface area contributed by atoms with Gasteiger partial charge in [0, 0.05) is 6.21 Å². The van der Waals surface area contributed by atoms with E-state index >= 15 is 0 Å². The molecule has 72 valence electrons. The van der Waals surface area contributed by atoms with E-state index < -0.39 is 0 Å². The highest BCUT2D eigenvalue weighted by Crippen LogP contribution is 2.14. The van der Waals surface area contributed by atoms with Crippen molar-refractivity contribution in [1.82, 2.24) is 0 Å². The maximum absolute atomic E-state index is 4.35. The highest BCUT2D eigenvalue weighted by molar-refractivity contribution is 5.79. The third-order valence-electron chi connectivity index (χ3n) is 1.84. The minimum atomic E-state index is 1.00. The van der Waals surface area contributed by atoms with Crippen LogP contribution in [0, 0.1) is 0 Å². The molecule has 0 bridgehead atoms. The summed E-state index contributed by atoms with van der Waals surface area (Å²) in [4.78, 5) is 4.35. The quantitative estimate of drug-likeness (QED) is 0.637. The standard InChI is InChI=1S/C13H15N/c1-3-5-11-14-13(4-2)12-9-7-6-8-10-12/h3-11H,1-2H3/b5-3-,13-4-,14-11-. The summed E-state index contributed by atoms with van der Waals surface area (Å²) in [7, 11) is 0. The monoisotopic (exact) mass is 185 g/mol. The van der Waals surface area contributed by atoms with Gasteiger partial charge in [0.05, 0.1) is 5.70 Å². The topological polar surface area (TPSA) is 12.4 Å². The Kier molecular flexibility index (Phi) is 4.42. The number of allylic oxidation sites excluding steroid dienone is 3. The Hall–Kier alpha value is -1.63. The van der Waals surface area contributed by atoms with E-state index in [1.54, 1.807) is 0 Å². The SMILES string of the molecule is C\C=C/C=N\C(=C/C)c1ccccc1. The molecule has 0 atom stereocenters. The summed E-state index contributed by atoms with van der Waals surface area (Å²) in [6, 6.07) is 10.2. The molecule has 0 fully saturated rings. The molecule has 14 heavy (non-hydrogen) atoms. The summed E-state index contributed by atoms with van der Waals surface area (Å²) in [5.41, 5.74) is 2.15. The molecular weight excluding hydrogens is 170 g/mol. The van der Waals surface area contributed by atoms with E-state index in [0.29, 0.717) is 0 Å². The molecule has 1 nitrogen and oxygen atoms in total. The van der Waals surface area contributed by atoms with Crippen LogP contribution in [0.15, 0.2) is 53.6 Å². The van der Waals surface area contributed by atoms with Crippen molar-refractivity contribution in [1.29, 1.82) is 0 Å². The molecule has 0 N–H and O–H groups in total. The number of hydrogen-bond donors (Lipinski definition) is 0. The van der Waals surface area contributed by atoms with Crippen LogP contribution in [0.2, 0.25) is 0 Å². The van der Waals surface area contributed by atoms with Gasteiger partial charge in [-0.1, -0.05) is 42.5 Å². The van der Waals surface area contributed by atoms with Crippen molar-refractivity contribution < 1.29 is 0 Å². The summed E-state index contributed by atoms with van der Waals surface area (Å²) < 4.78 is 0. The molecule has 0 saturated carbocycles. The fraction of sp³-hybridized carbons (Fsp3) is 0.154. The Bertz CT molecular complexity index is 345. The van der Waals surface area contributed by atoms with Crippen molar-refractivity contribution in [3.05, 3.63) is 54.1 Å². The number of hydrogen-bond acceptors (Lipinski definition) is 1. The van der Waals surface area contributed by atoms with Crippen molar-refractivity contribution >= 4 is 11.9 Å². The van der Waals surface area contributed by atoms with Gasteiger partial charge in [-0.15, -0.1) is 0 Å². The second-order valence-electron chi connectivity index (χ2n) is 2.84. The lowest BCUT2D eigenvalue weighted by molar-refractivity contribution is 1.49. The number of aliphatic imine (C=N–C) groups is 1. The Morgan fingerprint density at radius 3 is 2.43 bits per heavy atom. The zero-order chi connectivity index (χ0) is 10.2. The molecule has 0 unspecified atom stereocenters. The number of rotatable bonds is 3. The Morgan fingerprint density at radius 2 is 1.86 bits per heavy atom. The first kappa shape index (κ1) is 10.5. The fourth-order valence-corrected chi connectivity index (χ4v) is 1.13. The maximum Gasteiger partial charge on any atom is 0.0659 e. The van der Waals surface area contributed by atoms with Crippen LogP contribution in [0.4, 0.5) is 0 Å². The molecule has 0 amide bonds. The van der Waals surface area contributed by atoms with Gasteiger partial charge in [0.15, 0.2) is 0 Å². The second-order valence-corrected chi connectivity index (χ2v) is 2.84. The molecule has 0 aliphatic rings. The molecule has 0 aliphatic heterocycles. The molecule has 1 aromatic carbocycles. The average molecular weight is 185 g/mol. The van der Waals surface area contributed by atoms with Crippen LogP contribution in [0.5, 0.6) is 0 Å². The first-order valence-corrected chi connectivity index (χ1v) is 4.75. The molecule has 0 aromatic heterocycles. The maximum atomic E-state index is 4.35. The average Bonchev–Trinajstić information content (AvgIpc) is 2.26. The van der Waals surface area contributed by atoms with Gasteiger partial charge in [-0.3, -0.25) is 4.99 Å². The Morgan fingerprint density at radius 1 is 1.14 bits per heavy atom. The normalized spacial score (nSPS) is 12.9. The van der Waals surface area contributed by atoms with E-state index in [2.05, 4.69) is 17.1 Å². The predicted molar refractivity (Wildman–Crippen MR) is 63.4 cm³/mol. The van der Waals surface area contributed by atoms with Crippen molar-refractivity contribution in [2.24, 2.45) is 4.99 Å². The zero-order valence-corrected chi connectivity index (χ0v) is 8.64. The summed E-state index contributed by atoms with van der Waals surface area (Å²) in [5, 5.41) is 0. The van der Waals surface area contributed by atoms with Crippen LogP contribution < -0.4 is 0 Å². The Balaban J connectivity index is 2.85. The molecule has 0 spiro atoms. The van der Waals surface area contributed by atoms with E-state index in [-0.39, 0.29) is 0 Å². The fourth-order valence-electron chi connectivity index (χ4n) is 1.13. The van der Waals surface area contributed by atoms with Crippen LogP contribution in [0.1, 0.15) is 19.4 Å². The molecule has 1 heteroatoms. The number of benzene rings is 1. The minimum Gasteiger partial charge on any atom is -0.257 e. The van der Waals surface area contributed by atoms with Crippen LogP contribution in [0.3, 0.4) is 0 Å². The molecule has 0 radical (unpaired) electrons. The van der Waals surface area contributed by atoms with Gasteiger partial charge in [-0.25, -0.2) is 0 Å². The van der Waals surface area contributed by atoms with E-state index in [9.17, 15) is 0 Å². The van der Waals surface area contributed by atoms with Gasteiger partial charge >= 0.3 is 0 Å². The van der Waals surface area contributed by atoms with Gasteiger partial charge in [0.2, 0.25) is 0 Å². The largest absolute Gasteiger partial charge is 0.257 e. The Labute approximate surface area is 85.5 Å². The lowest BCUT2D eigenvalue weighted by Crippen LogP contribution is -1.79. The molecule has 1 rings (SSSR count). The van der Waals surface area contributed by atoms with Gasteiger partial charge < -0.3 is 0 Å². The van der Waals surface area contributed by atoms with Crippen molar-refractivity contribution in [3.63, 3.8) is 0 Å². The minimum absolute atomic E-state index is 1.00. The van der Waals surface area contributed by atoms with E-state index in [1.165, 1.54) is 0 Å². The van der Waals surface area contributed by atoms with E-state index in [1.807, 2.05) is 56.5 Å².